The monoisotopic (exact) mass is 547 g/mol. The van der Waals surface area contributed by atoms with Gasteiger partial charge in [0.15, 0.2) is 11.6 Å². The Kier molecular flexibility index (Phi) is 8.21. The summed E-state index contributed by atoms with van der Waals surface area (Å²) in [5.74, 6) is 0.593. The molecule has 1 saturated carbocycles. The Bertz CT molecular complexity index is 1480. The highest BCUT2D eigenvalue weighted by atomic mass is 19.1. The van der Waals surface area contributed by atoms with Crippen molar-refractivity contribution in [3.63, 3.8) is 0 Å². The van der Waals surface area contributed by atoms with Gasteiger partial charge in [-0.05, 0) is 56.9 Å². The average molecular weight is 548 g/mol. The van der Waals surface area contributed by atoms with Crippen molar-refractivity contribution in [1.82, 2.24) is 19.1 Å². The highest BCUT2D eigenvalue weighted by Crippen LogP contribution is 2.42. The number of methoxy groups -OCH3 is 1. The number of rotatable bonds is 5. The van der Waals surface area contributed by atoms with Gasteiger partial charge in [-0.25, -0.2) is 14.4 Å². The van der Waals surface area contributed by atoms with E-state index in [1.165, 1.54) is 32.4 Å². The van der Waals surface area contributed by atoms with Crippen LogP contribution in [0.4, 0.5) is 10.1 Å². The number of carbonyl (C=O) groups is 1. The Balaban J connectivity index is 0.00000158. The summed E-state index contributed by atoms with van der Waals surface area (Å²) in [7, 11) is 4.45. The van der Waals surface area contributed by atoms with Crippen molar-refractivity contribution in [3.05, 3.63) is 60.1 Å². The fourth-order valence-corrected chi connectivity index (χ4v) is 6.43. The van der Waals surface area contributed by atoms with E-state index in [2.05, 4.69) is 27.8 Å². The summed E-state index contributed by atoms with van der Waals surface area (Å²) >= 11 is 0. The summed E-state index contributed by atoms with van der Waals surface area (Å²) in [6, 6.07) is 11.3. The van der Waals surface area contributed by atoms with Crippen molar-refractivity contribution in [1.29, 1.82) is 0 Å². The first-order valence-electron chi connectivity index (χ1n) is 14.1. The lowest BCUT2D eigenvalue weighted by Gasteiger charge is -2.37. The molecule has 0 radical (unpaired) electrons. The molecule has 1 saturated heterocycles. The minimum absolute atomic E-state index is 0.000680. The van der Waals surface area contributed by atoms with E-state index in [9.17, 15) is 9.18 Å². The minimum Gasteiger partial charge on any atom is -0.494 e. The molecule has 1 aliphatic carbocycles. The number of imidazole rings is 2. The molecular weight excluding hydrogens is 509 g/mol. The number of aromatic nitrogens is 4. The van der Waals surface area contributed by atoms with Crippen LogP contribution >= 0.6 is 0 Å². The van der Waals surface area contributed by atoms with E-state index in [0.29, 0.717) is 18.2 Å². The van der Waals surface area contributed by atoms with Crippen molar-refractivity contribution < 1.29 is 19.0 Å². The molecule has 4 aromatic rings. The fourth-order valence-electron chi connectivity index (χ4n) is 6.43. The van der Waals surface area contributed by atoms with Gasteiger partial charge >= 0.3 is 0 Å². The molecular formula is C31H38FN5O3. The van der Waals surface area contributed by atoms with E-state index in [1.807, 2.05) is 24.9 Å². The zero-order valence-corrected chi connectivity index (χ0v) is 23.7. The Labute approximate surface area is 234 Å². The molecule has 2 fully saturated rings. The van der Waals surface area contributed by atoms with Crippen LogP contribution in [0.2, 0.25) is 0 Å². The zero-order valence-electron chi connectivity index (χ0n) is 23.7. The summed E-state index contributed by atoms with van der Waals surface area (Å²) in [4.78, 5) is 24.8. The average Bonchev–Trinajstić information content (AvgIpc) is 3.53. The first-order chi connectivity index (χ1) is 19.5. The Morgan fingerprint density at radius 3 is 2.48 bits per heavy atom. The van der Waals surface area contributed by atoms with Gasteiger partial charge in [-0.2, -0.15) is 0 Å². The number of anilines is 1. The van der Waals surface area contributed by atoms with Crippen molar-refractivity contribution in [3.8, 4) is 17.0 Å². The number of ether oxygens (including phenoxy) is 1. The molecule has 1 amide bonds. The summed E-state index contributed by atoms with van der Waals surface area (Å²) in [6.45, 7) is 2.02. The van der Waals surface area contributed by atoms with Gasteiger partial charge in [0.05, 0.1) is 41.9 Å². The van der Waals surface area contributed by atoms with Crippen LogP contribution in [-0.4, -0.2) is 44.3 Å². The van der Waals surface area contributed by atoms with Crippen molar-refractivity contribution in [2.45, 2.75) is 70.4 Å². The van der Waals surface area contributed by atoms with E-state index < -0.39 is 5.82 Å². The number of hydrogen-bond donors (Lipinski definition) is 1. The highest BCUT2D eigenvalue weighted by Gasteiger charge is 2.36. The van der Waals surface area contributed by atoms with Crippen molar-refractivity contribution >= 4 is 22.6 Å². The first kappa shape index (κ1) is 27.8. The lowest BCUT2D eigenvalue weighted by Crippen LogP contribution is -2.40. The molecule has 2 aliphatic rings. The maximum absolute atomic E-state index is 14.8. The number of fused-ring (bicyclic) bond motifs is 1. The SMILES string of the molecule is CO.COc1ccc(N2C(=O)CCC[C@H]2c2nc3cc(-c4c(C)ncn4C)ccc3n2C2CCCCC2)cc1F. The normalized spacial score (nSPS) is 18.1. The molecule has 0 bridgehead atoms. The van der Waals surface area contributed by atoms with Gasteiger partial charge < -0.3 is 23.9 Å². The second-order valence-corrected chi connectivity index (χ2v) is 10.6. The van der Waals surface area contributed by atoms with Crippen LogP contribution < -0.4 is 9.64 Å². The Morgan fingerprint density at radius 2 is 1.80 bits per heavy atom. The molecule has 1 N–H and O–H groups in total. The van der Waals surface area contributed by atoms with Crippen LogP contribution in [0.3, 0.4) is 0 Å². The summed E-state index contributed by atoms with van der Waals surface area (Å²) < 4.78 is 24.3. The maximum Gasteiger partial charge on any atom is 0.227 e. The third-order valence-electron chi connectivity index (χ3n) is 8.21. The number of aliphatic hydroxyl groups is 1. The molecule has 1 aliphatic heterocycles. The second-order valence-electron chi connectivity index (χ2n) is 10.6. The van der Waals surface area contributed by atoms with Crippen molar-refractivity contribution in [2.75, 3.05) is 19.1 Å². The van der Waals surface area contributed by atoms with E-state index in [4.69, 9.17) is 14.8 Å². The van der Waals surface area contributed by atoms with Gasteiger partial charge in [0.2, 0.25) is 5.91 Å². The highest BCUT2D eigenvalue weighted by molar-refractivity contribution is 5.95. The van der Waals surface area contributed by atoms with Gasteiger partial charge in [0.1, 0.15) is 5.82 Å². The summed E-state index contributed by atoms with van der Waals surface area (Å²) in [5, 5.41) is 7.00. The second kappa shape index (κ2) is 11.8. The largest absolute Gasteiger partial charge is 0.494 e. The maximum atomic E-state index is 14.8. The van der Waals surface area contributed by atoms with Gasteiger partial charge in [-0.3, -0.25) is 4.79 Å². The third-order valence-corrected chi connectivity index (χ3v) is 8.21. The number of carbonyl (C=O) groups excluding carboxylic acids is 1. The van der Waals surface area contributed by atoms with E-state index in [0.717, 1.165) is 66.6 Å². The van der Waals surface area contributed by atoms with Crippen LogP contribution in [0.1, 0.15) is 75.0 Å². The lowest BCUT2D eigenvalue weighted by atomic mass is 9.94. The van der Waals surface area contributed by atoms with E-state index in [1.54, 1.807) is 17.0 Å². The van der Waals surface area contributed by atoms with Crippen LogP contribution in [0.15, 0.2) is 42.7 Å². The number of amides is 1. The van der Waals surface area contributed by atoms with Crippen LogP contribution in [0, 0.1) is 12.7 Å². The van der Waals surface area contributed by atoms with Gasteiger partial charge in [-0.1, -0.05) is 25.3 Å². The molecule has 9 heteroatoms. The molecule has 212 valence electrons. The van der Waals surface area contributed by atoms with Crippen molar-refractivity contribution in [2.24, 2.45) is 7.05 Å². The number of aliphatic hydroxyl groups excluding tert-OH is 1. The molecule has 2 aromatic carbocycles. The van der Waals surface area contributed by atoms with Crippen LogP contribution in [0.5, 0.6) is 5.75 Å². The Hall–Kier alpha value is -3.72. The molecule has 3 heterocycles. The third kappa shape index (κ3) is 4.98. The summed E-state index contributed by atoms with van der Waals surface area (Å²) in [6.07, 6.45) is 9.66. The van der Waals surface area contributed by atoms with Gasteiger partial charge in [0.25, 0.3) is 0 Å². The molecule has 6 rings (SSSR count). The number of hydrogen-bond acceptors (Lipinski definition) is 5. The zero-order chi connectivity index (χ0) is 28.4. The van der Waals surface area contributed by atoms with E-state index >= 15 is 0 Å². The number of aryl methyl sites for hydroxylation is 2. The topological polar surface area (TPSA) is 85.4 Å². The predicted molar refractivity (Wildman–Crippen MR) is 154 cm³/mol. The summed E-state index contributed by atoms with van der Waals surface area (Å²) in [5.41, 5.74) is 5.68. The fraction of sp³-hybridized carbons (Fsp3) is 0.452. The van der Waals surface area contributed by atoms with Crippen LogP contribution in [-0.2, 0) is 11.8 Å². The predicted octanol–water partition coefficient (Wildman–Crippen LogP) is 6.26. The molecule has 0 spiro atoms. The van der Waals surface area contributed by atoms with Crippen LogP contribution in [0.25, 0.3) is 22.3 Å². The molecule has 40 heavy (non-hydrogen) atoms. The standard InChI is InChI=1S/C30H34FN5O2.CH4O/c1-19-29(34(2)18-32-19)20-12-14-25-24(16-20)33-30(36(25)21-8-5-4-6-9-21)26-10-7-11-28(37)35(26)22-13-15-27(38-3)23(31)17-22;1-2/h12-18,21,26H,4-11H2,1-3H3;2H,1H3/t26-;/m0./s1. The molecule has 0 unspecified atom stereocenters. The number of nitrogens with zero attached hydrogens (tertiary/aromatic N) is 5. The smallest absolute Gasteiger partial charge is 0.227 e. The number of halogens is 1. The number of piperidine rings is 1. The quantitative estimate of drug-likeness (QED) is 0.319. The first-order valence-corrected chi connectivity index (χ1v) is 14.1. The van der Waals surface area contributed by atoms with Gasteiger partial charge in [0, 0.05) is 43.9 Å². The van der Waals surface area contributed by atoms with E-state index in [-0.39, 0.29) is 17.7 Å². The molecule has 2 aromatic heterocycles. The minimum atomic E-state index is -0.473. The van der Waals surface area contributed by atoms with Gasteiger partial charge in [-0.15, -0.1) is 0 Å². The number of benzene rings is 2. The lowest BCUT2D eigenvalue weighted by molar-refractivity contribution is -0.120. The Morgan fingerprint density at radius 1 is 1.02 bits per heavy atom. The molecule has 1 atom stereocenters. The molecule has 8 nitrogen and oxygen atoms in total.